The second kappa shape index (κ2) is 5.14. The highest BCUT2D eigenvalue weighted by Crippen LogP contribution is 2.40. The van der Waals surface area contributed by atoms with Gasteiger partial charge in [-0.1, -0.05) is 6.07 Å². The standard InChI is InChI=1S/C16H24N2O/c1-11(17)13-7-8-18(10-13)16-6-4-12-3-5-14(19-2)9-15(12)16/h3,5,9,11,13,16H,4,6-8,10,17H2,1-2H3. The zero-order chi connectivity index (χ0) is 13.4. The number of hydrogen-bond donors (Lipinski definition) is 1. The van der Waals surface area contributed by atoms with Gasteiger partial charge in [0.2, 0.25) is 0 Å². The van der Waals surface area contributed by atoms with Gasteiger partial charge >= 0.3 is 0 Å². The van der Waals surface area contributed by atoms with Crippen LogP contribution in [0.15, 0.2) is 18.2 Å². The summed E-state index contributed by atoms with van der Waals surface area (Å²) >= 11 is 0. The summed E-state index contributed by atoms with van der Waals surface area (Å²) < 4.78 is 5.37. The molecule has 0 radical (unpaired) electrons. The summed E-state index contributed by atoms with van der Waals surface area (Å²) in [6, 6.07) is 7.43. The van der Waals surface area contributed by atoms with Gasteiger partial charge in [-0.05, 0) is 61.9 Å². The fourth-order valence-electron chi connectivity index (χ4n) is 3.59. The fourth-order valence-corrected chi connectivity index (χ4v) is 3.59. The average Bonchev–Trinajstić information content (AvgIpc) is 3.03. The Bertz CT molecular complexity index is 458. The number of benzene rings is 1. The lowest BCUT2D eigenvalue weighted by Gasteiger charge is -2.25. The summed E-state index contributed by atoms with van der Waals surface area (Å²) in [4.78, 5) is 2.62. The molecule has 0 spiro atoms. The number of fused-ring (bicyclic) bond motifs is 1. The third-order valence-electron chi connectivity index (χ3n) is 4.84. The summed E-state index contributed by atoms with van der Waals surface area (Å²) in [5.74, 6) is 1.64. The van der Waals surface area contributed by atoms with Crippen LogP contribution in [0.1, 0.15) is 36.9 Å². The number of ether oxygens (including phenoxy) is 1. The molecule has 3 heteroatoms. The van der Waals surface area contributed by atoms with Crippen LogP contribution in [0, 0.1) is 5.92 Å². The van der Waals surface area contributed by atoms with Crippen molar-refractivity contribution in [1.29, 1.82) is 0 Å². The first-order valence-corrected chi connectivity index (χ1v) is 7.35. The lowest BCUT2D eigenvalue weighted by atomic mass is 10.0. The molecule has 2 N–H and O–H groups in total. The van der Waals surface area contributed by atoms with E-state index >= 15 is 0 Å². The van der Waals surface area contributed by atoms with Crippen molar-refractivity contribution in [2.75, 3.05) is 20.2 Å². The lowest BCUT2D eigenvalue weighted by molar-refractivity contribution is 0.231. The molecule has 0 bridgehead atoms. The van der Waals surface area contributed by atoms with Crippen LogP contribution in [0.4, 0.5) is 0 Å². The van der Waals surface area contributed by atoms with Gasteiger partial charge in [0, 0.05) is 18.6 Å². The van der Waals surface area contributed by atoms with Gasteiger partial charge in [0.05, 0.1) is 7.11 Å². The Morgan fingerprint density at radius 2 is 2.21 bits per heavy atom. The summed E-state index contributed by atoms with van der Waals surface area (Å²) in [6.45, 7) is 4.48. The molecular formula is C16H24N2O. The van der Waals surface area contributed by atoms with Crippen LogP contribution in [0.25, 0.3) is 0 Å². The monoisotopic (exact) mass is 260 g/mol. The van der Waals surface area contributed by atoms with Crippen molar-refractivity contribution in [2.24, 2.45) is 11.7 Å². The molecule has 0 amide bonds. The van der Waals surface area contributed by atoms with E-state index in [4.69, 9.17) is 10.5 Å². The van der Waals surface area contributed by atoms with Crippen molar-refractivity contribution >= 4 is 0 Å². The van der Waals surface area contributed by atoms with Gasteiger partial charge in [-0.15, -0.1) is 0 Å². The highest BCUT2D eigenvalue weighted by molar-refractivity contribution is 5.41. The molecule has 1 fully saturated rings. The van der Waals surface area contributed by atoms with Crippen molar-refractivity contribution in [3.63, 3.8) is 0 Å². The van der Waals surface area contributed by atoms with E-state index in [-0.39, 0.29) is 0 Å². The molecule has 3 unspecified atom stereocenters. The van der Waals surface area contributed by atoms with Crippen LogP contribution in [0.5, 0.6) is 5.75 Å². The molecule has 3 rings (SSSR count). The molecule has 2 aliphatic rings. The Morgan fingerprint density at radius 1 is 1.37 bits per heavy atom. The number of nitrogens with zero attached hydrogens (tertiary/aromatic N) is 1. The Labute approximate surface area is 115 Å². The zero-order valence-corrected chi connectivity index (χ0v) is 11.9. The van der Waals surface area contributed by atoms with Crippen LogP contribution in [0.3, 0.4) is 0 Å². The third kappa shape index (κ3) is 2.37. The van der Waals surface area contributed by atoms with Crippen LogP contribution in [-0.2, 0) is 6.42 Å². The average molecular weight is 260 g/mol. The summed E-state index contributed by atoms with van der Waals surface area (Å²) in [5.41, 5.74) is 9.02. The first-order valence-electron chi connectivity index (χ1n) is 7.35. The van der Waals surface area contributed by atoms with Gasteiger partial charge in [0.1, 0.15) is 5.75 Å². The topological polar surface area (TPSA) is 38.5 Å². The molecule has 1 aromatic rings. The number of nitrogens with two attached hydrogens (primary N) is 1. The maximum absolute atomic E-state index is 6.05. The number of methoxy groups -OCH3 is 1. The lowest BCUT2D eigenvalue weighted by Crippen LogP contribution is -2.31. The highest BCUT2D eigenvalue weighted by Gasteiger charge is 2.34. The minimum absolute atomic E-state index is 0.316. The Morgan fingerprint density at radius 3 is 2.89 bits per heavy atom. The van der Waals surface area contributed by atoms with E-state index in [1.165, 1.54) is 36.9 Å². The molecule has 3 atom stereocenters. The summed E-state index contributed by atoms with van der Waals surface area (Å²) in [5, 5.41) is 0. The smallest absolute Gasteiger partial charge is 0.119 e. The maximum Gasteiger partial charge on any atom is 0.119 e. The SMILES string of the molecule is COc1ccc2c(c1)C(N1CCC(C(C)N)C1)CC2. The van der Waals surface area contributed by atoms with Crippen LogP contribution >= 0.6 is 0 Å². The molecule has 0 saturated carbocycles. The number of aryl methyl sites for hydroxylation is 1. The second-order valence-corrected chi connectivity index (χ2v) is 6.02. The predicted molar refractivity (Wildman–Crippen MR) is 77.4 cm³/mol. The van der Waals surface area contributed by atoms with Crippen LogP contribution < -0.4 is 10.5 Å². The zero-order valence-electron chi connectivity index (χ0n) is 11.9. The number of likely N-dealkylation sites (tertiary alicyclic amines) is 1. The van der Waals surface area contributed by atoms with E-state index < -0.39 is 0 Å². The molecule has 1 aliphatic carbocycles. The van der Waals surface area contributed by atoms with Crippen molar-refractivity contribution < 1.29 is 4.74 Å². The Kier molecular flexibility index (Phi) is 3.50. The number of hydrogen-bond acceptors (Lipinski definition) is 3. The van der Waals surface area contributed by atoms with Gasteiger partial charge in [0.25, 0.3) is 0 Å². The van der Waals surface area contributed by atoms with E-state index in [0.717, 1.165) is 12.3 Å². The third-order valence-corrected chi connectivity index (χ3v) is 4.84. The van der Waals surface area contributed by atoms with E-state index in [2.05, 4.69) is 30.0 Å². The Balaban J connectivity index is 1.79. The van der Waals surface area contributed by atoms with E-state index in [1.807, 2.05) is 0 Å². The van der Waals surface area contributed by atoms with Crippen LogP contribution in [-0.4, -0.2) is 31.1 Å². The molecule has 1 saturated heterocycles. The summed E-state index contributed by atoms with van der Waals surface area (Å²) in [6.07, 6.45) is 3.69. The van der Waals surface area contributed by atoms with Crippen LogP contribution in [0.2, 0.25) is 0 Å². The minimum atomic E-state index is 0.316. The van der Waals surface area contributed by atoms with Gasteiger partial charge in [-0.2, -0.15) is 0 Å². The van der Waals surface area contributed by atoms with Crippen molar-refractivity contribution in [3.8, 4) is 5.75 Å². The highest BCUT2D eigenvalue weighted by atomic mass is 16.5. The van der Waals surface area contributed by atoms with Crippen molar-refractivity contribution in [3.05, 3.63) is 29.3 Å². The predicted octanol–water partition coefficient (Wildman–Crippen LogP) is 2.35. The van der Waals surface area contributed by atoms with Crippen molar-refractivity contribution in [2.45, 2.75) is 38.3 Å². The van der Waals surface area contributed by atoms with E-state index in [0.29, 0.717) is 18.0 Å². The first kappa shape index (κ1) is 12.9. The van der Waals surface area contributed by atoms with E-state index in [1.54, 1.807) is 7.11 Å². The molecule has 1 heterocycles. The fraction of sp³-hybridized carbons (Fsp3) is 0.625. The number of rotatable bonds is 3. The Hall–Kier alpha value is -1.06. The normalized spacial score (nSPS) is 28.4. The molecule has 1 aliphatic heterocycles. The largest absolute Gasteiger partial charge is 0.497 e. The molecule has 3 nitrogen and oxygen atoms in total. The van der Waals surface area contributed by atoms with E-state index in [9.17, 15) is 0 Å². The maximum atomic E-state index is 6.05. The molecule has 0 aromatic heterocycles. The minimum Gasteiger partial charge on any atom is -0.497 e. The molecule has 1 aromatic carbocycles. The molecule has 19 heavy (non-hydrogen) atoms. The van der Waals surface area contributed by atoms with Crippen molar-refractivity contribution in [1.82, 2.24) is 4.90 Å². The quantitative estimate of drug-likeness (QED) is 0.906. The summed E-state index contributed by atoms with van der Waals surface area (Å²) in [7, 11) is 1.74. The van der Waals surface area contributed by atoms with Gasteiger partial charge in [0.15, 0.2) is 0 Å². The van der Waals surface area contributed by atoms with Gasteiger partial charge < -0.3 is 10.5 Å². The molecular weight excluding hydrogens is 236 g/mol. The van der Waals surface area contributed by atoms with Gasteiger partial charge in [-0.3, -0.25) is 4.90 Å². The van der Waals surface area contributed by atoms with Gasteiger partial charge in [-0.25, -0.2) is 0 Å². The molecule has 104 valence electrons. The first-order chi connectivity index (χ1) is 9.19. The second-order valence-electron chi connectivity index (χ2n) is 6.02.